The number of benzene rings is 1. The second kappa shape index (κ2) is 11.5. The lowest BCUT2D eigenvalue weighted by molar-refractivity contribution is -0.297. The number of nitrogens with zero attached hydrogens (tertiary/aromatic N) is 5. The van der Waals surface area contributed by atoms with Gasteiger partial charge in [-0.3, -0.25) is 9.59 Å². The van der Waals surface area contributed by atoms with E-state index in [1.807, 2.05) is 13.0 Å². The van der Waals surface area contributed by atoms with Crippen LogP contribution in [0.4, 0.5) is 13.2 Å². The van der Waals surface area contributed by atoms with E-state index in [0.29, 0.717) is 43.4 Å². The van der Waals surface area contributed by atoms with Crippen LogP contribution in [0.3, 0.4) is 0 Å². The smallest absolute Gasteiger partial charge is 0.417 e. The summed E-state index contributed by atoms with van der Waals surface area (Å²) in [4.78, 5) is 30.0. The summed E-state index contributed by atoms with van der Waals surface area (Å²) < 4.78 is 49.4. The molecule has 0 bridgehead atoms. The molecule has 2 aliphatic carbocycles. The second-order valence-electron chi connectivity index (χ2n) is 14.7. The van der Waals surface area contributed by atoms with E-state index in [-0.39, 0.29) is 23.8 Å². The fourth-order valence-corrected chi connectivity index (χ4v) is 8.08. The van der Waals surface area contributed by atoms with Gasteiger partial charge < -0.3 is 29.9 Å². The Bertz CT molecular complexity index is 1970. The number of amides is 2. The van der Waals surface area contributed by atoms with Crippen LogP contribution < -0.4 is 10.5 Å². The summed E-state index contributed by atoms with van der Waals surface area (Å²) in [6.07, 6.45) is -0.0626. The van der Waals surface area contributed by atoms with Gasteiger partial charge in [-0.25, -0.2) is 4.52 Å². The zero-order valence-electron chi connectivity index (χ0n) is 27.7. The van der Waals surface area contributed by atoms with Crippen molar-refractivity contribution in [2.24, 2.45) is 17.6 Å². The van der Waals surface area contributed by atoms with Crippen LogP contribution >= 0.6 is 0 Å². The van der Waals surface area contributed by atoms with Gasteiger partial charge in [-0.2, -0.15) is 18.3 Å². The van der Waals surface area contributed by atoms with Crippen molar-refractivity contribution in [2.75, 3.05) is 33.3 Å². The third-order valence-electron chi connectivity index (χ3n) is 11.2. The number of aryl methyl sites for hydroxylation is 1. The van der Waals surface area contributed by atoms with Crippen molar-refractivity contribution in [3.63, 3.8) is 0 Å². The number of rotatable bonds is 7. The molecular formula is C36H41F3N6O4. The molecule has 49 heavy (non-hydrogen) atoms. The van der Waals surface area contributed by atoms with E-state index in [9.17, 15) is 27.9 Å². The van der Waals surface area contributed by atoms with Gasteiger partial charge in [-0.1, -0.05) is 18.2 Å². The standard InChI is InChI=1S/C36H41F3N6O4/c1-20-30(41-45-18-23(12-29(49-2)31(20)45)33(46)42-10-4-6-26(40)19-42)28-11-22-5-3-7-27(32(22)44(28)15-21-8-9-21)25-16-43(17-25)34(47)24-13-35(48,14-24)36(37,38)39/h3,5,7,11-12,18,21,24-26,48H,4,6,8-10,13-17,19,40H2,1-2H3. The molecule has 260 valence electrons. The quantitative estimate of drug-likeness (QED) is 0.288. The number of pyridine rings is 1. The minimum atomic E-state index is -4.73. The van der Waals surface area contributed by atoms with Crippen molar-refractivity contribution >= 4 is 28.2 Å². The molecule has 4 fully saturated rings. The van der Waals surface area contributed by atoms with E-state index in [2.05, 4.69) is 22.8 Å². The van der Waals surface area contributed by atoms with Crippen LogP contribution in [0.5, 0.6) is 5.75 Å². The van der Waals surface area contributed by atoms with Crippen LogP contribution in [-0.2, 0) is 11.3 Å². The largest absolute Gasteiger partial charge is 0.494 e. The number of hydrogen-bond donors (Lipinski definition) is 2. The summed E-state index contributed by atoms with van der Waals surface area (Å²) in [5.41, 5.74) is 9.53. The highest BCUT2D eigenvalue weighted by atomic mass is 19.4. The van der Waals surface area contributed by atoms with Gasteiger partial charge in [0.15, 0.2) is 5.60 Å². The summed E-state index contributed by atoms with van der Waals surface area (Å²) >= 11 is 0. The maximum Gasteiger partial charge on any atom is 0.417 e. The Morgan fingerprint density at radius 2 is 1.84 bits per heavy atom. The molecule has 10 nitrogen and oxygen atoms in total. The van der Waals surface area contributed by atoms with Gasteiger partial charge >= 0.3 is 6.18 Å². The number of alkyl halides is 3. The number of likely N-dealkylation sites (tertiary alicyclic amines) is 2. The van der Waals surface area contributed by atoms with Crippen LogP contribution in [0.15, 0.2) is 36.5 Å². The first-order valence-corrected chi connectivity index (χ1v) is 17.2. The number of aliphatic hydroxyl groups is 1. The zero-order valence-corrected chi connectivity index (χ0v) is 27.7. The molecule has 2 aliphatic heterocycles. The van der Waals surface area contributed by atoms with Crippen LogP contribution in [0.25, 0.3) is 27.8 Å². The molecule has 5 heterocycles. The maximum absolute atomic E-state index is 13.5. The van der Waals surface area contributed by atoms with E-state index in [4.69, 9.17) is 15.6 Å². The van der Waals surface area contributed by atoms with Crippen molar-refractivity contribution in [1.29, 1.82) is 0 Å². The van der Waals surface area contributed by atoms with Gasteiger partial charge in [0, 0.05) is 67.7 Å². The number of nitrogens with two attached hydrogens (primary N) is 1. The van der Waals surface area contributed by atoms with Gasteiger partial charge in [0.05, 0.1) is 23.9 Å². The van der Waals surface area contributed by atoms with Crippen molar-refractivity contribution in [1.82, 2.24) is 24.0 Å². The number of hydrogen-bond acceptors (Lipinski definition) is 6. The maximum atomic E-state index is 13.5. The predicted molar refractivity (Wildman–Crippen MR) is 176 cm³/mol. The molecule has 8 rings (SSSR count). The first-order valence-electron chi connectivity index (χ1n) is 17.2. The number of methoxy groups -OCH3 is 1. The number of ether oxygens (including phenoxy) is 1. The number of piperidine rings is 1. The van der Waals surface area contributed by atoms with E-state index in [0.717, 1.165) is 71.2 Å². The third kappa shape index (κ3) is 5.36. The molecule has 3 N–H and O–H groups in total. The molecule has 1 atom stereocenters. The minimum absolute atomic E-state index is 0.0358. The number of para-hydroxylation sites is 1. The van der Waals surface area contributed by atoms with Gasteiger partial charge in [0.2, 0.25) is 5.91 Å². The Kier molecular flexibility index (Phi) is 7.52. The summed E-state index contributed by atoms with van der Waals surface area (Å²) in [6.45, 7) is 4.85. The Morgan fingerprint density at radius 1 is 1.08 bits per heavy atom. The second-order valence-corrected chi connectivity index (χ2v) is 14.7. The minimum Gasteiger partial charge on any atom is -0.494 e. The fourth-order valence-electron chi connectivity index (χ4n) is 8.08. The monoisotopic (exact) mass is 678 g/mol. The normalized spacial score (nSPS) is 24.7. The Morgan fingerprint density at radius 3 is 2.51 bits per heavy atom. The first-order chi connectivity index (χ1) is 23.3. The van der Waals surface area contributed by atoms with E-state index >= 15 is 0 Å². The molecule has 4 aromatic rings. The van der Waals surface area contributed by atoms with Crippen molar-refractivity contribution < 1.29 is 32.6 Å². The molecule has 3 aromatic heterocycles. The molecule has 4 aliphatic rings. The van der Waals surface area contributed by atoms with Gasteiger partial charge in [-0.05, 0) is 69.1 Å². The number of carbonyl (C=O) groups excluding carboxylic acids is 2. The van der Waals surface area contributed by atoms with Crippen LogP contribution in [0.1, 0.15) is 65.9 Å². The van der Waals surface area contributed by atoms with Crippen LogP contribution in [0.2, 0.25) is 0 Å². The Hall–Kier alpha value is -4.10. The molecule has 13 heteroatoms. The fraction of sp³-hybridized carbons (Fsp3) is 0.528. The Balaban J connectivity index is 1.12. The molecule has 0 spiro atoms. The number of aromatic nitrogens is 3. The molecule has 2 saturated heterocycles. The Labute approximate surface area is 281 Å². The summed E-state index contributed by atoms with van der Waals surface area (Å²) in [5, 5.41) is 16.0. The number of carbonyl (C=O) groups is 2. The number of fused-ring (bicyclic) bond motifs is 2. The molecular weight excluding hydrogens is 637 g/mol. The van der Waals surface area contributed by atoms with E-state index in [1.165, 1.54) is 0 Å². The topological polar surface area (TPSA) is 118 Å². The van der Waals surface area contributed by atoms with Gasteiger partial charge in [0.25, 0.3) is 5.91 Å². The SMILES string of the molecule is COc1cc(C(=O)N2CCCC(N)C2)cn2nc(-c3cc4cccc(C5CN(C(=O)C6CC(O)(C(F)(F)F)C6)C5)c4n3CC3CC3)c(C)c12. The molecule has 1 aromatic carbocycles. The zero-order chi connectivity index (χ0) is 34.4. The van der Waals surface area contributed by atoms with Crippen molar-refractivity contribution in [2.45, 2.75) is 75.7 Å². The molecule has 0 radical (unpaired) electrons. The van der Waals surface area contributed by atoms with Gasteiger partial charge in [0.1, 0.15) is 17.0 Å². The van der Waals surface area contributed by atoms with Crippen LogP contribution in [0, 0.1) is 18.8 Å². The molecule has 2 saturated carbocycles. The number of halogens is 3. The van der Waals surface area contributed by atoms with Crippen molar-refractivity contribution in [3.8, 4) is 17.1 Å². The summed E-state index contributed by atoms with van der Waals surface area (Å²) in [6, 6.07) is 10.1. The highest BCUT2D eigenvalue weighted by Gasteiger charge is 2.63. The summed E-state index contributed by atoms with van der Waals surface area (Å²) in [7, 11) is 1.59. The molecule has 2 amide bonds. The van der Waals surface area contributed by atoms with E-state index in [1.54, 1.807) is 33.7 Å². The summed E-state index contributed by atoms with van der Waals surface area (Å²) in [5.74, 6) is -0.0839. The van der Waals surface area contributed by atoms with Crippen LogP contribution in [-0.4, -0.2) is 92.0 Å². The third-order valence-corrected chi connectivity index (χ3v) is 11.2. The van der Waals surface area contributed by atoms with Crippen molar-refractivity contribution in [3.05, 3.63) is 53.2 Å². The van der Waals surface area contributed by atoms with Gasteiger partial charge in [-0.15, -0.1) is 0 Å². The highest BCUT2D eigenvalue weighted by molar-refractivity contribution is 5.96. The lowest BCUT2D eigenvalue weighted by Crippen LogP contribution is -2.61. The average Bonchev–Trinajstić information content (AvgIpc) is 3.69. The lowest BCUT2D eigenvalue weighted by Gasteiger charge is -2.48. The predicted octanol–water partition coefficient (Wildman–Crippen LogP) is 4.88. The average molecular weight is 679 g/mol. The highest BCUT2D eigenvalue weighted by Crippen LogP contribution is 2.50. The first kappa shape index (κ1) is 32.1. The van der Waals surface area contributed by atoms with E-state index < -0.39 is 30.5 Å². The molecule has 1 unspecified atom stereocenters. The lowest BCUT2D eigenvalue weighted by atomic mass is 9.69.